The van der Waals surface area contributed by atoms with Gasteiger partial charge in [0.2, 0.25) is 0 Å². The summed E-state index contributed by atoms with van der Waals surface area (Å²) in [5.74, 6) is 2.16. The van der Waals surface area contributed by atoms with E-state index < -0.39 is 0 Å². The summed E-state index contributed by atoms with van der Waals surface area (Å²) < 4.78 is 15.7. The molecule has 0 aliphatic rings. The van der Waals surface area contributed by atoms with Crippen LogP contribution in [0.25, 0.3) is 5.82 Å². The maximum Gasteiger partial charge on any atom is 0.191 e. The van der Waals surface area contributed by atoms with Crippen LogP contribution in [-0.4, -0.2) is 27.5 Å². The molecule has 0 amide bonds. The summed E-state index contributed by atoms with van der Waals surface area (Å²) in [5.41, 5.74) is 2.53. The average molecular weight is 508 g/mol. The van der Waals surface area contributed by atoms with Gasteiger partial charge in [-0.1, -0.05) is 18.2 Å². The van der Waals surface area contributed by atoms with E-state index >= 15 is 0 Å². The number of nitrogens with one attached hydrogen (secondary N) is 2. The Kier molecular flexibility index (Phi) is 8.12. The number of hydrogen-bond donors (Lipinski definition) is 2. The number of aromatic nitrogens is 3. The van der Waals surface area contributed by atoms with Crippen molar-refractivity contribution in [1.29, 1.82) is 0 Å². The van der Waals surface area contributed by atoms with Gasteiger partial charge >= 0.3 is 0 Å². The minimum absolute atomic E-state index is 0. The number of imidazole rings is 1. The highest BCUT2D eigenvalue weighted by Crippen LogP contribution is 2.16. The number of guanidine groups is 1. The van der Waals surface area contributed by atoms with Crippen LogP contribution in [0.1, 0.15) is 35.5 Å². The van der Waals surface area contributed by atoms with Crippen molar-refractivity contribution in [3.8, 4) is 5.82 Å². The van der Waals surface area contributed by atoms with Crippen molar-refractivity contribution >= 4 is 29.9 Å². The number of benzene rings is 1. The minimum Gasteiger partial charge on any atom is -0.352 e. The smallest absolute Gasteiger partial charge is 0.191 e. The summed E-state index contributed by atoms with van der Waals surface area (Å²) in [4.78, 5) is 13.0. The van der Waals surface area contributed by atoms with E-state index in [4.69, 9.17) is 0 Å². The van der Waals surface area contributed by atoms with Crippen LogP contribution in [-0.2, 0) is 6.54 Å². The molecule has 3 aromatic rings. The van der Waals surface area contributed by atoms with E-state index in [1.54, 1.807) is 32.3 Å². The van der Waals surface area contributed by atoms with Crippen LogP contribution in [0.3, 0.4) is 0 Å². The molecule has 0 saturated heterocycles. The number of pyridine rings is 1. The van der Waals surface area contributed by atoms with E-state index in [1.165, 1.54) is 0 Å². The number of rotatable bonds is 5. The van der Waals surface area contributed by atoms with E-state index in [0.29, 0.717) is 18.1 Å². The van der Waals surface area contributed by atoms with Gasteiger partial charge < -0.3 is 10.6 Å². The highest BCUT2D eigenvalue weighted by atomic mass is 127. The summed E-state index contributed by atoms with van der Waals surface area (Å²) in [6, 6.07) is 9.16. The highest BCUT2D eigenvalue weighted by molar-refractivity contribution is 14.0. The number of aryl methyl sites for hydroxylation is 2. The first-order valence-electron chi connectivity index (χ1n) is 9.16. The first kappa shape index (κ1) is 22.8. The van der Waals surface area contributed by atoms with Gasteiger partial charge in [0.05, 0.1) is 6.04 Å². The molecule has 0 bridgehead atoms. The number of halogens is 2. The SMILES string of the molecule is CN=C(NCc1ccc(-n2ccnc2C)nc1)NC(C)c1ccc(C)c(F)c1.I. The van der Waals surface area contributed by atoms with E-state index in [9.17, 15) is 4.39 Å². The molecule has 0 fully saturated rings. The third-order valence-corrected chi connectivity index (χ3v) is 4.61. The quantitative estimate of drug-likeness (QED) is 0.310. The second kappa shape index (κ2) is 10.3. The van der Waals surface area contributed by atoms with E-state index in [-0.39, 0.29) is 35.8 Å². The maximum atomic E-state index is 13.8. The summed E-state index contributed by atoms with van der Waals surface area (Å²) in [6.45, 7) is 6.24. The van der Waals surface area contributed by atoms with Crippen LogP contribution in [0, 0.1) is 19.7 Å². The summed E-state index contributed by atoms with van der Waals surface area (Å²) in [6.07, 6.45) is 5.47. The van der Waals surface area contributed by atoms with Gasteiger partial charge in [-0.15, -0.1) is 24.0 Å². The Morgan fingerprint density at radius 3 is 2.59 bits per heavy atom. The zero-order valence-electron chi connectivity index (χ0n) is 17.0. The maximum absolute atomic E-state index is 13.8. The second-order valence-electron chi connectivity index (χ2n) is 6.67. The predicted octanol–water partition coefficient (Wildman–Crippen LogP) is 4.07. The molecule has 154 valence electrons. The standard InChI is InChI=1S/C21H25FN6.HI/c1-14-5-7-18(11-19(14)22)15(2)27-21(23-4)26-13-17-6-8-20(25-12-17)28-10-9-24-16(28)3;/h5-12,15H,13H2,1-4H3,(H2,23,26,27);1H. The number of aliphatic imine (C=N–C) groups is 1. The molecule has 1 atom stereocenters. The monoisotopic (exact) mass is 508 g/mol. The summed E-state index contributed by atoms with van der Waals surface area (Å²) in [7, 11) is 1.71. The molecule has 0 saturated carbocycles. The molecular formula is C21H26FIN6. The zero-order chi connectivity index (χ0) is 20.1. The fourth-order valence-electron chi connectivity index (χ4n) is 2.83. The van der Waals surface area contributed by atoms with Gasteiger partial charge in [0.15, 0.2) is 5.96 Å². The third kappa shape index (κ3) is 5.75. The lowest BCUT2D eigenvalue weighted by atomic mass is 10.1. The van der Waals surface area contributed by atoms with Crippen LogP contribution in [0.4, 0.5) is 4.39 Å². The number of hydrogen-bond acceptors (Lipinski definition) is 3. The summed E-state index contributed by atoms with van der Waals surface area (Å²) in [5, 5.41) is 6.54. The van der Waals surface area contributed by atoms with Crippen molar-refractivity contribution in [3.63, 3.8) is 0 Å². The molecule has 0 aliphatic carbocycles. The lowest BCUT2D eigenvalue weighted by Crippen LogP contribution is -2.38. The molecule has 2 N–H and O–H groups in total. The molecule has 8 heteroatoms. The molecule has 1 unspecified atom stereocenters. The summed E-state index contributed by atoms with van der Waals surface area (Å²) >= 11 is 0. The average Bonchev–Trinajstić information content (AvgIpc) is 3.13. The van der Waals surface area contributed by atoms with E-state index in [0.717, 1.165) is 22.8 Å². The molecule has 0 radical (unpaired) electrons. The van der Waals surface area contributed by atoms with Crippen LogP contribution in [0.15, 0.2) is 53.9 Å². The molecule has 3 rings (SSSR count). The highest BCUT2D eigenvalue weighted by Gasteiger charge is 2.10. The van der Waals surface area contributed by atoms with Crippen molar-refractivity contribution in [2.45, 2.75) is 33.4 Å². The Hall–Kier alpha value is -2.49. The third-order valence-electron chi connectivity index (χ3n) is 4.61. The van der Waals surface area contributed by atoms with Crippen molar-refractivity contribution in [2.75, 3.05) is 7.05 Å². The van der Waals surface area contributed by atoms with Gasteiger partial charge in [-0.05, 0) is 49.6 Å². The van der Waals surface area contributed by atoms with Gasteiger partial charge in [0.1, 0.15) is 17.5 Å². The van der Waals surface area contributed by atoms with Gasteiger partial charge in [-0.25, -0.2) is 14.4 Å². The van der Waals surface area contributed by atoms with E-state index in [1.807, 2.05) is 49.0 Å². The normalized spacial score (nSPS) is 12.2. The molecule has 0 aliphatic heterocycles. The van der Waals surface area contributed by atoms with Crippen LogP contribution >= 0.6 is 24.0 Å². The lowest BCUT2D eigenvalue weighted by Gasteiger charge is -2.19. The Bertz CT molecular complexity index is 968. The van der Waals surface area contributed by atoms with Crippen molar-refractivity contribution in [2.24, 2.45) is 4.99 Å². The topological polar surface area (TPSA) is 67.1 Å². The Labute approximate surface area is 187 Å². The largest absolute Gasteiger partial charge is 0.352 e. The van der Waals surface area contributed by atoms with Crippen molar-refractivity contribution in [1.82, 2.24) is 25.2 Å². The first-order chi connectivity index (χ1) is 13.5. The number of nitrogens with zero attached hydrogens (tertiary/aromatic N) is 4. The molecule has 2 aromatic heterocycles. The first-order valence-corrected chi connectivity index (χ1v) is 9.16. The van der Waals surface area contributed by atoms with Crippen LogP contribution in [0.2, 0.25) is 0 Å². The Morgan fingerprint density at radius 1 is 1.21 bits per heavy atom. The molecule has 1 aromatic carbocycles. The Balaban J connectivity index is 0.00000300. The fraction of sp³-hybridized carbons (Fsp3) is 0.286. The van der Waals surface area contributed by atoms with Crippen molar-refractivity contribution in [3.05, 3.63) is 77.3 Å². The molecule has 0 spiro atoms. The predicted molar refractivity (Wildman–Crippen MR) is 124 cm³/mol. The molecule has 29 heavy (non-hydrogen) atoms. The molecule has 6 nitrogen and oxygen atoms in total. The fourth-order valence-corrected chi connectivity index (χ4v) is 2.83. The minimum atomic E-state index is -0.201. The Morgan fingerprint density at radius 2 is 2.00 bits per heavy atom. The molecule has 2 heterocycles. The molecular weight excluding hydrogens is 482 g/mol. The van der Waals surface area contributed by atoms with Crippen LogP contribution in [0.5, 0.6) is 0 Å². The van der Waals surface area contributed by atoms with Gasteiger partial charge in [-0.3, -0.25) is 9.56 Å². The second-order valence-corrected chi connectivity index (χ2v) is 6.67. The van der Waals surface area contributed by atoms with Gasteiger partial charge in [0, 0.05) is 32.2 Å². The van der Waals surface area contributed by atoms with Crippen molar-refractivity contribution < 1.29 is 4.39 Å². The lowest BCUT2D eigenvalue weighted by molar-refractivity contribution is 0.607. The zero-order valence-corrected chi connectivity index (χ0v) is 19.3. The van der Waals surface area contributed by atoms with E-state index in [2.05, 4.69) is 25.6 Å². The van der Waals surface area contributed by atoms with Gasteiger partial charge in [-0.2, -0.15) is 0 Å². The van der Waals surface area contributed by atoms with Gasteiger partial charge in [0.25, 0.3) is 0 Å². The van der Waals surface area contributed by atoms with Crippen LogP contribution < -0.4 is 10.6 Å².